The summed E-state index contributed by atoms with van der Waals surface area (Å²) < 4.78 is 0. The van der Waals surface area contributed by atoms with Gasteiger partial charge in [-0.05, 0) is 29.5 Å². The Morgan fingerprint density at radius 1 is 0.800 bits per heavy atom. The third kappa shape index (κ3) is 1.46. The van der Waals surface area contributed by atoms with Gasteiger partial charge >= 0.3 is 0 Å². The maximum atomic E-state index is 2.28. The molecule has 0 fully saturated rings. The molecule has 0 amide bonds. The molecule has 1 aliphatic rings. The zero-order valence-corrected chi connectivity index (χ0v) is 8.69. The van der Waals surface area contributed by atoms with E-state index in [9.17, 15) is 0 Å². The molecule has 0 spiro atoms. The van der Waals surface area contributed by atoms with Crippen molar-refractivity contribution in [3.05, 3.63) is 71.3 Å². The summed E-state index contributed by atoms with van der Waals surface area (Å²) in [6, 6.07) is 19.7. The molecular weight excluding hydrogens is 180 g/mol. The topological polar surface area (TPSA) is 0 Å². The zero-order chi connectivity index (χ0) is 10.1. The molecule has 0 aromatic heterocycles. The van der Waals surface area contributed by atoms with Crippen LogP contribution in [0.1, 0.15) is 29.0 Å². The molecular formula is C15H14. The van der Waals surface area contributed by atoms with Gasteiger partial charge in [0.05, 0.1) is 0 Å². The third-order valence-electron chi connectivity index (χ3n) is 3.33. The highest BCUT2D eigenvalue weighted by molar-refractivity contribution is 5.41. The van der Waals surface area contributed by atoms with Crippen molar-refractivity contribution in [1.29, 1.82) is 0 Å². The largest absolute Gasteiger partial charge is 0.0622 e. The molecule has 0 bridgehead atoms. The summed E-state index contributed by atoms with van der Waals surface area (Å²) in [5.41, 5.74) is 4.53. The monoisotopic (exact) mass is 194 g/mol. The van der Waals surface area contributed by atoms with Crippen LogP contribution in [0.4, 0.5) is 0 Å². The van der Waals surface area contributed by atoms with E-state index in [2.05, 4.69) is 54.6 Å². The Balaban J connectivity index is 2.05. The fourth-order valence-electron chi connectivity index (χ4n) is 2.59. The SMILES string of the molecule is c1ccc([C@@H]2CCc3ccccc32)cc1. The molecule has 0 heteroatoms. The number of hydrogen-bond donors (Lipinski definition) is 0. The van der Waals surface area contributed by atoms with Gasteiger partial charge in [-0.1, -0.05) is 54.6 Å². The molecule has 1 atom stereocenters. The van der Waals surface area contributed by atoms with E-state index in [-0.39, 0.29) is 0 Å². The maximum absolute atomic E-state index is 2.28. The second-order valence-corrected chi connectivity index (χ2v) is 4.20. The predicted octanol–water partition coefficient (Wildman–Crippen LogP) is 3.76. The molecule has 0 nitrogen and oxygen atoms in total. The van der Waals surface area contributed by atoms with E-state index >= 15 is 0 Å². The summed E-state index contributed by atoms with van der Waals surface area (Å²) in [4.78, 5) is 0. The van der Waals surface area contributed by atoms with E-state index in [1.54, 1.807) is 0 Å². The van der Waals surface area contributed by atoms with E-state index in [0.29, 0.717) is 5.92 Å². The maximum Gasteiger partial charge on any atom is 0.00952 e. The van der Waals surface area contributed by atoms with Crippen molar-refractivity contribution in [3.8, 4) is 0 Å². The van der Waals surface area contributed by atoms with Crippen LogP contribution in [0, 0.1) is 0 Å². The molecule has 2 aromatic carbocycles. The fourth-order valence-corrected chi connectivity index (χ4v) is 2.59. The normalized spacial score (nSPS) is 18.8. The molecule has 0 saturated carbocycles. The second-order valence-electron chi connectivity index (χ2n) is 4.20. The van der Waals surface area contributed by atoms with Crippen LogP contribution in [0.3, 0.4) is 0 Å². The number of hydrogen-bond acceptors (Lipinski definition) is 0. The molecule has 74 valence electrons. The van der Waals surface area contributed by atoms with Gasteiger partial charge in [0, 0.05) is 5.92 Å². The first-order valence-electron chi connectivity index (χ1n) is 5.58. The molecule has 0 radical (unpaired) electrons. The van der Waals surface area contributed by atoms with E-state index in [1.807, 2.05) is 0 Å². The molecule has 3 rings (SSSR count). The minimum absolute atomic E-state index is 0.627. The molecule has 0 N–H and O–H groups in total. The van der Waals surface area contributed by atoms with Crippen molar-refractivity contribution >= 4 is 0 Å². The van der Waals surface area contributed by atoms with Crippen LogP contribution in [0.15, 0.2) is 54.6 Å². The highest BCUT2D eigenvalue weighted by atomic mass is 14.3. The molecule has 0 aliphatic heterocycles. The minimum Gasteiger partial charge on any atom is -0.0622 e. The van der Waals surface area contributed by atoms with Crippen LogP contribution >= 0.6 is 0 Å². The smallest absolute Gasteiger partial charge is 0.00952 e. The van der Waals surface area contributed by atoms with Gasteiger partial charge in [-0.2, -0.15) is 0 Å². The Kier molecular flexibility index (Phi) is 2.06. The van der Waals surface area contributed by atoms with Gasteiger partial charge < -0.3 is 0 Å². The van der Waals surface area contributed by atoms with E-state index < -0.39 is 0 Å². The summed E-state index contributed by atoms with van der Waals surface area (Å²) in [6.07, 6.45) is 2.50. The first-order chi connectivity index (χ1) is 7.45. The summed E-state index contributed by atoms with van der Waals surface area (Å²) in [5, 5.41) is 0. The van der Waals surface area contributed by atoms with Crippen molar-refractivity contribution in [1.82, 2.24) is 0 Å². The molecule has 15 heavy (non-hydrogen) atoms. The summed E-state index contributed by atoms with van der Waals surface area (Å²) >= 11 is 0. The van der Waals surface area contributed by atoms with Crippen molar-refractivity contribution in [3.63, 3.8) is 0 Å². The summed E-state index contributed by atoms with van der Waals surface area (Å²) in [5.74, 6) is 0.627. The van der Waals surface area contributed by atoms with Gasteiger partial charge in [0.15, 0.2) is 0 Å². The van der Waals surface area contributed by atoms with Crippen LogP contribution in [0.25, 0.3) is 0 Å². The fraction of sp³-hybridized carbons (Fsp3) is 0.200. The molecule has 0 unspecified atom stereocenters. The summed E-state index contributed by atoms with van der Waals surface area (Å²) in [6.45, 7) is 0. The molecule has 0 saturated heterocycles. The van der Waals surface area contributed by atoms with Crippen LogP contribution in [-0.4, -0.2) is 0 Å². The van der Waals surface area contributed by atoms with Gasteiger partial charge in [-0.3, -0.25) is 0 Å². The number of fused-ring (bicyclic) bond motifs is 1. The highest BCUT2D eigenvalue weighted by Gasteiger charge is 2.22. The lowest BCUT2D eigenvalue weighted by Crippen LogP contribution is -1.94. The highest BCUT2D eigenvalue weighted by Crippen LogP contribution is 2.37. The Labute approximate surface area is 90.6 Å². The quantitative estimate of drug-likeness (QED) is 0.648. The lowest BCUT2D eigenvalue weighted by Gasteiger charge is -2.11. The Morgan fingerprint density at radius 3 is 2.40 bits per heavy atom. The predicted molar refractivity (Wildman–Crippen MR) is 63.0 cm³/mol. The Hall–Kier alpha value is -1.56. The van der Waals surface area contributed by atoms with Crippen LogP contribution in [0.5, 0.6) is 0 Å². The first kappa shape index (κ1) is 8.72. The van der Waals surface area contributed by atoms with Crippen LogP contribution in [0.2, 0.25) is 0 Å². The lowest BCUT2D eigenvalue weighted by molar-refractivity contribution is 0.788. The Bertz CT molecular complexity index is 456. The van der Waals surface area contributed by atoms with Gasteiger partial charge in [0.1, 0.15) is 0 Å². The van der Waals surface area contributed by atoms with Gasteiger partial charge in [-0.15, -0.1) is 0 Å². The molecule has 1 aliphatic carbocycles. The number of rotatable bonds is 1. The van der Waals surface area contributed by atoms with E-state index in [0.717, 1.165) is 0 Å². The lowest BCUT2D eigenvalue weighted by atomic mass is 9.93. The van der Waals surface area contributed by atoms with Crippen molar-refractivity contribution < 1.29 is 0 Å². The third-order valence-corrected chi connectivity index (χ3v) is 3.33. The van der Waals surface area contributed by atoms with Crippen molar-refractivity contribution in [2.75, 3.05) is 0 Å². The number of aryl methyl sites for hydroxylation is 1. The average Bonchev–Trinajstić information content (AvgIpc) is 2.74. The number of benzene rings is 2. The van der Waals surface area contributed by atoms with Gasteiger partial charge in [0.2, 0.25) is 0 Å². The minimum atomic E-state index is 0.627. The summed E-state index contributed by atoms with van der Waals surface area (Å²) in [7, 11) is 0. The first-order valence-corrected chi connectivity index (χ1v) is 5.58. The van der Waals surface area contributed by atoms with Gasteiger partial charge in [0.25, 0.3) is 0 Å². The average molecular weight is 194 g/mol. The second kappa shape index (κ2) is 3.54. The standard InChI is InChI=1S/C15H14/c1-2-6-12(7-3-1)15-11-10-13-8-4-5-9-14(13)15/h1-9,15H,10-11H2/t15-/m0/s1. The van der Waals surface area contributed by atoms with Crippen LogP contribution in [-0.2, 0) is 6.42 Å². The van der Waals surface area contributed by atoms with E-state index in [1.165, 1.54) is 29.5 Å². The molecule has 2 aromatic rings. The molecule has 0 heterocycles. The Morgan fingerprint density at radius 2 is 1.53 bits per heavy atom. The van der Waals surface area contributed by atoms with Crippen molar-refractivity contribution in [2.24, 2.45) is 0 Å². The van der Waals surface area contributed by atoms with E-state index in [4.69, 9.17) is 0 Å². The van der Waals surface area contributed by atoms with Gasteiger partial charge in [-0.25, -0.2) is 0 Å². The van der Waals surface area contributed by atoms with Crippen LogP contribution < -0.4 is 0 Å². The van der Waals surface area contributed by atoms with Crippen molar-refractivity contribution in [2.45, 2.75) is 18.8 Å². The zero-order valence-electron chi connectivity index (χ0n) is 8.69.